The summed E-state index contributed by atoms with van der Waals surface area (Å²) in [6, 6.07) is 0. The molecule has 84 valence electrons. The summed E-state index contributed by atoms with van der Waals surface area (Å²) in [5.74, 6) is 0.797. The van der Waals surface area contributed by atoms with E-state index in [4.69, 9.17) is 0 Å². The smallest absolute Gasteiger partial charge is 0.0535 e. The lowest BCUT2D eigenvalue weighted by Gasteiger charge is -2.22. The second-order valence-corrected chi connectivity index (χ2v) is 4.36. The van der Waals surface area contributed by atoms with Crippen LogP contribution in [0.4, 0.5) is 0 Å². The Morgan fingerprint density at radius 1 is 1.60 bits per heavy atom. The van der Waals surface area contributed by atoms with E-state index in [2.05, 4.69) is 27.8 Å². The van der Waals surface area contributed by atoms with Crippen molar-refractivity contribution in [1.29, 1.82) is 0 Å². The van der Waals surface area contributed by atoms with Gasteiger partial charge in [-0.2, -0.15) is 5.10 Å². The lowest BCUT2D eigenvalue weighted by molar-refractivity contribution is 0.360. The van der Waals surface area contributed by atoms with Crippen LogP contribution in [0.2, 0.25) is 0 Å². The molecule has 0 bridgehead atoms. The summed E-state index contributed by atoms with van der Waals surface area (Å²) in [7, 11) is 0. The van der Waals surface area contributed by atoms with Gasteiger partial charge in [-0.1, -0.05) is 0 Å². The molecule has 3 N–H and O–H groups in total. The van der Waals surface area contributed by atoms with Crippen molar-refractivity contribution in [3.63, 3.8) is 0 Å². The predicted octanol–water partition coefficient (Wildman–Crippen LogP) is 0.807. The number of aryl methyl sites for hydroxylation is 1. The van der Waals surface area contributed by atoms with Gasteiger partial charge in [-0.3, -0.25) is 5.10 Å². The number of rotatable bonds is 4. The molecule has 0 amide bonds. The Morgan fingerprint density at radius 3 is 3.20 bits per heavy atom. The first-order valence-electron chi connectivity index (χ1n) is 5.76. The molecule has 2 rings (SSSR count). The zero-order chi connectivity index (χ0) is 10.5. The quantitative estimate of drug-likeness (QED) is 0.686. The summed E-state index contributed by atoms with van der Waals surface area (Å²) in [5, 5.41) is 13.9. The van der Waals surface area contributed by atoms with E-state index >= 15 is 0 Å². The van der Waals surface area contributed by atoms with E-state index in [9.17, 15) is 0 Å². The van der Waals surface area contributed by atoms with Gasteiger partial charge in [0.2, 0.25) is 0 Å². The zero-order valence-electron chi connectivity index (χ0n) is 9.34. The molecule has 4 nitrogen and oxygen atoms in total. The Labute approximate surface area is 90.8 Å². The Kier molecular flexibility index (Phi) is 3.75. The van der Waals surface area contributed by atoms with Gasteiger partial charge in [0.05, 0.1) is 6.20 Å². The van der Waals surface area contributed by atoms with E-state index in [1.54, 1.807) is 0 Å². The number of nitrogens with zero attached hydrogens (tertiary/aromatic N) is 1. The van der Waals surface area contributed by atoms with E-state index in [0.29, 0.717) is 0 Å². The van der Waals surface area contributed by atoms with Crippen molar-refractivity contribution in [2.24, 2.45) is 5.92 Å². The molecule has 0 saturated carbocycles. The van der Waals surface area contributed by atoms with Gasteiger partial charge in [0, 0.05) is 17.8 Å². The summed E-state index contributed by atoms with van der Waals surface area (Å²) < 4.78 is 0. The summed E-state index contributed by atoms with van der Waals surface area (Å²) in [6.07, 6.45) is 4.57. The highest BCUT2D eigenvalue weighted by molar-refractivity contribution is 5.13. The molecule has 0 spiro atoms. The first-order valence-corrected chi connectivity index (χ1v) is 5.76. The minimum Gasteiger partial charge on any atom is -0.316 e. The largest absolute Gasteiger partial charge is 0.316 e. The first kappa shape index (κ1) is 10.6. The van der Waals surface area contributed by atoms with Crippen LogP contribution in [0.25, 0.3) is 0 Å². The lowest BCUT2D eigenvalue weighted by atomic mass is 10.00. The van der Waals surface area contributed by atoms with Crippen LogP contribution >= 0.6 is 0 Å². The van der Waals surface area contributed by atoms with Crippen LogP contribution in [0.3, 0.4) is 0 Å². The molecule has 1 aliphatic rings. The molecule has 1 saturated heterocycles. The standard InChI is InChI=1S/C11H20N4/c1-9-11(8-14-15-9)7-13-6-10-3-2-4-12-5-10/h8,10,12-13H,2-7H2,1H3,(H,14,15). The van der Waals surface area contributed by atoms with Crippen molar-refractivity contribution in [2.45, 2.75) is 26.3 Å². The minimum atomic E-state index is 0.797. The number of H-pyrrole nitrogens is 1. The van der Waals surface area contributed by atoms with Crippen molar-refractivity contribution < 1.29 is 0 Å². The number of aromatic amines is 1. The average molecular weight is 208 g/mol. The van der Waals surface area contributed by atoms with Crippen LogP contribution in [-0.2, 0) is 6.54 Å². The summed E-state index contributed by atoms with van der Waals surface area (Å²) in [6.45, 7) is 6.46. The molecule has 0 aromatic carbocycles. The Bertz CT molecular complexity index is 289. The fraction of sp³-hybridized carbons (Fsp3) is 0.727. The van der Waals surface area contributed by atoms with Crippen LogP contribution in [-0.4, -0.2) is 29.8 Å². The minimum absolute atomic E-state index is 0.797. The third-order valence-electron chi connectivity index (χ3n) is 3.08. The number of hydrogen-bond acceptors (Lipinski definition) is 3. The SMILES string of the molecule is Cc1[nH]ncc1CNCC1CCCNC1. The van der Waals surface area contributed by atoms with Gasteiger partial charge in [0.15, 0.2) is 0 Å². The van der Waals surface area contributed by atoms with Crippen LogP contribution in [0.15, 0.2) is 6.20 Å². The molecule has 0 aliphatic carbocycles. The van der Waals surface area contributed by atoms with Gasteiger partial charge in [0.25, 0.3) is 0 Å². The zero-order valence-corrected chi connectivity index (χ0v) is 9.34. The van der Waals surface area contributed by atoms with E-state index < -0.39 is 0 Å². The van der Waals surface area contributed by atoms with Crippen LogP contribution < -0.4 is 10.6 Å². The summed E-state index contributed by atoms with van der Waals surface area (Å²) >= 11 is 0. The Balaban J connectivity index is 1.68. The molecule has 1 unspecified atom stereocenters. The third-order valence-corrected chi connectivity index (χ3v) is 3.08. The fourth-order valence-corrected chi connectivity index (χ4v) is 2.06. The predicted molar refractivity (Wildman–Crippen MR) is 60.6 cm³/mol. The number of nitrogens with one attached hydrogen (secondary N) is 3. The summed E-state index contributed by atoms with van der Waals surface area (Å²) in [5.41, 5.74) is 2.45. The topological polar surface area (TPSA) is 52.7 Å². The summed E-state index contributed by atoms with van der Waals surface area (Å²) in [4.78, 5) is 0. The maximum Gasteiger partial charge on any atom is 0.0535 e. The van der Waals surface area contributed by atoms with Crippen LogP contribution in [0, 0.1) is 12.8 Å². The molecule has 1 aliphatic heterocycles. The maximum atomic E-state index is 4.01. The first-order chi connectivity index (χ1) is 7.36. The van der Waals surface area contributed by atoms with Crippen molar-refractivity contribution in [1.82, 2.24) is 20.8 Å². The van der Waals surface area contributed by atoms with Gasteiger partial charge in [-0.25, -0.2) is 0 Å². The molecule has 1 atom stereocenters. The highest BCUT2D eigenvalue weighted by Gasteiger charge is 2.12. The highest BCUT2D eigenvalue weighted by Crippen LogP contribution is 2.09. The number of aromatic nitrogens is 2. The van der Waals surface area contributed by atoms with Crippen LogP contribution in [0.1, 0.15) is 24.1 Å². The molecular formula is C11H20N4. The van der Waals surface area contributed by atoms with Crippen molar-refractivity contribution in [3.8, 4) is 0 Å². The fourth-order valence-electron chi connectivity index (χ4n) is 2.06. The van der Waals surface area contributed by atoms with E-state index in [1.807, 2.05) is 6.20 Å². The molecule has 0 radical (unpaired) electrons. The van der Waals surface area contributed by atoms with Gasteiger partial charge in [0.1, 0.15) is 0 Å². The normalized spacial score (nSPS) is 21.8. The van der Waals surface area contributed by atoms with Crippen LogP contribution in [0.5, 0.6) is 0 Å². The van der Waals surface area contributed by atoms with Gasteiger partial charge >= 0.3 is 0 Å². The van der Waals surface area contributed by atoms with Crippen molar-refractivity contribution in [3.05, 3.63) is 17.5 Å². The number of piperidine rings is 1. The van der Waals surface area contributed by atoms with E-state index in [-0.39, 0.29) is 0 Å². The van der Waals surface area contributed by atoms with Crippen molar-refractivity contribution >= 4 is 0 Å². The van der Waals surface area contributed by atoms with E-state index in [0.717, 1.165) is 25.6 Å². The average Bonchev–Trinajstić information content (AvgIpc) is 2.66. The monoisotopic (exact) mass is 208 g/mol. The molecule has 2 heterocycles. The Morgan fingerprint density at radius 2 is 2.53 bits per heavy atom. The molecule has 1 aromatic rings. The van der Waals surface area contributed by atoms with Gasteiger partial charge in [-0.05, 0) is 45.3 Å². The van der Waals surface area contributed by atoms with Crippen molar-refractivity contribution in [2.75, 3.05) is 19.6 Å². The molecular weight excluding hydrogens is 188 g/mol. The molecule has 15 heavy (non-hydrogen) atoms. The number of hydrogen-bond donors (Lipinski definition) is 3. The maximum absolute atomic E-state index is 4.01. The highest BCUT2D eigenvalue weighted by atomic mass is 15.1. The van der Waals surface area contributed by atoms with E-state index in [1.165, 1.54) is 30.6 Å². The van der Waals surface area contributed by atoms with Gasteiger partial charge in [-0.15, -0.1) is 0 Å². The third kappa shape index (κ3) is 3.04. The molecule has 4 heteroatoms. The lowest BCUT2D eigenvalue weighted by Crippen LogP contribution is -2.35. The molecule has 1 aromatic heterocycles. The Hall–Kier alpha value is -0.870. The van der Waals surface area contributed by atoms with Gasteiger partial charge < -0.3 is 10.6 Å². The second-order valence-electron chi connectivity index (χ2n) is 4.36. The second kappa shape index (κ2) is 5.28. The molecule has 1 fully saturated rings.